The summed E-state index contributed by atoms with van der Waals surface area (Å²) in [5.41, 5.74) is 1.82. The van der Waals surface area contributed by atoms with Gasteiger partial charge in [0.15, 0.2) is 11.4 Å². The van der Waals surface area contributed by atoms with Crippen molar-refractivity contribution in [2.24, 2.45) is 0 Å². The van der Waals surface area contributed by atoms with Crippen LogP contribution in [-0.2, 0) is 6.42 Å². The highest BCUT2D eigenvalue weighted by molar-refractivity contribution is 7.13. The van der Waals surface area contributed by atoms with Crippen molar-refractivity contribution in [1.29, 1.82) is 0 Å². The van der Waals surface area contributed by atoms with Crippen molar-refractivity contribution < 1.29 is 13.6 Å². The fourth-order valence-electron chi connectivity index (χ4n) is 3.47. The molecule has 7 nitrogen and oxygen atoms in total. The first-order chi connectivity index (χ1) is 13.1. The van der Waals surface area contributed by atoms with Crippen LogP contribution in [-0.4, -0.2) is 37.5 Å². The van der Waals surface area contributed by atoms with E-state index in [2.05, 4.69) is 20.2 Å². The van der Waals surface area contributed by atoms with Crippen LogP contribution in [0.3, 0.4) is 0 Å². The molecule has 0 saturated heterocycles. The molecule has 5 rings (SSSR count). The van der Waals surface area contributed by atoms with Gasteiger partial charge in [-0.2, -0.15) is 0 Å². The number of halogens is 1. The number of benzene rings is 1. The van der Waals surface area contributed by atoms with Gasteiger partial charge in [0, 0.05) is 24.0 Å². The topological polar surface area (TPSA) is 87.9 Å². The number of carbonyl (C=O) groups excluding carboxylic acids is 1. The largest absolute Gasteiger partial charge is 0.455 e. The van der Waals surface area contributed by atoms with E-state index in [9.17, 15) is 9.18 Å². The minimum Gasteiger partial charge on any atom is -0.455 e. The van der Waals surface area contributed by atoms with Crippen molar-refractivity contribution in [2.45, 2.75) is 19.4 Å². The van der Waals surface area contributed by atoms with Gasteiger partial charge in [-0.05, 0) is 19.1 Å². The lowest BCUT2D eigenvalue weighted by atomic mass is 10.00. The van der Waals surface area contributed by atoms with E-state index in [0.29, 0.717) is 34.8 Å². The lowest BCUT2D eigenvalue weighted by Gasteiger charge is -2.33. The Morgan fingerprint density at radius 2 is 2.30 bits per heavy atom. The predicted octanol–water partition coefficient (Wildman–Crippen LogP) is 3.24. The molecule has 1 aliphatic rings. The van der Waals surface area contributed by atoms with Crippen LogP contribution in [0.25, 0.3) is 11.0 Å². The normalized spacial score (nSPS) is 16.7. The molecule has 1 atom stereocenters. The molecule has 1 aromatic carbocycles. The summed E-state index contributed by atoms with van der Waals surface area (Å²) < 4.78 is 19.9. The van der Waals surface area contributed by atoms with Crippen LogP contribution in [0.15, 0.2) is 35.0 Å². The van der Waals surface area contributed by atoms with Crippen molar-refractivity contribution in [3.63, 3.8) is 0 Å². The monoisotopic (exact) mass is 383 g/mol. The molecule has 1 aliphatic heterocycles. The van der Waals surface area contributed by atoms with Crippen molar-refractivity contribution in [3.05, 3.63) is 63.6 Å². The van der Waals surface area contributed by atoms with Crippen LogP contribution >= 0.6 is 11.3 Å². The zero-order valence-electron chi connectivity index (χ0n) is 14.3. The molecule has 1 amide bonds. The Labute approximate surface area is 156 Å². The van der Waals surface area contributed by atoms with Crippen LogP contribution in [0, 0.1) is 12.7 Å². The molecule has 0 fully saturated rings. The lowest BCUT2D eigenvalue weighted by molar-refractivity contribution is 0.0671. The van der Waals surface area contributed by atoms with E-state index in [-0.39, 0.29) is 11.5 Å². The lowest BCUT2D eigenvalue weighted by Crippen LogP contribution is -2.40. The summed E-state index contributed by atoms with van der Waals surface area (Å²) in [6.45, 7) is 2.27. The molecular weight excluding hydrogens is 369 g/mol. The molecule has 1 N–H and O–H groups in total. The summed E-state index contributed by atoms with van der Waals surface area (Å²) in [6, 6.07) is 5.97. The van der Waals surface area contributed by atoms with E-state index in [1.54, 1.807) is 36.4 Å². The second kappa shape index (κ2) is 5.98. The molecule has 0 spiro atoms. The van der Waals surface area contributed by atoms with Crippen molar-refractivity contribution in [1.82, 2.24) is 25.1 Å². The summed E-state index contributed by atoms with van der Waals surface area (Å²) in [6.07, 6.45) is 2.24. The van der Waals surface area contributed by atoms with Gasteiger partial charge >= 0.3 is 0 Å². The maximum absolute atomic E-state index is 14.1. The SMILES string of the molecule is Cc1nnc(C(=O)N2CCc3[nH]cnc3[C@@H]2c2cc3cccc(F)c3o2)s1. The Morgan fingerprint density at radius 3 is 3.07 bits per heavy atom. The minimum absolute atomic E-state index is 0.175. The number of carbonyl (C=O) groups is 1. The van der Waals surface area contributed by atoms with Gasteiger partial charge in [0.2, 0.25) is 5.01 Å². The van der Waals surface area contributed by atoms with E-state index in [0.717, 1.165) is 10.7 Å². The number of H-pyrrole nitrogens is 1. The van der Waals surface area contributed by atoms with Gasteiger partial charge in [0.05, 0.1) is 12.0 Å². The first-order valence-corrected chi connectivity index (χ1v) is 9.24. The van der Waals surface area contributed by atoms with Gasteiger partial charge in [-0.3, -0.25) is 4.79 Å². The number of fused-ring (bicyclic) bond motifs is 2. The number of rotatable bonds is 2. The van der Waals surface area contributed by atoms with Crippen molar-refractivity contribution in [2.75, 3.05) is 6.54 Å². The number of aryl methyl sites for hydroxylation is 1. The molecule has 9 heteroatoms. The van der Waals surface area contributed by atoms with E-state index in [1.165, 1.54) is 17.4 Å². The zero-order valence-corrected chi connectivity index (χ0v) is 15.1. The Bertz CT molecular complexity index is 1160. The molecule has 136 valence electrons. The van der Waals surface area contributed by atoms with Gasteiger partial charge in [-0.1, -0.05) is 23.5 Å². The quantitative estimate of drug-likeness (QED) is 0.574. The smallest absolute Gasteiger partial charge is 0.285 e. The number of furan rings is 1. The van der Waals surface area contributed by atoms with Gasteiger partial charge < -0.3 is 14.3 Å². The number of amides is 1. The molecule has 0 unspecified atom stereocenters. The maximum Gasteiger partial charge on any atom is 0.285 e. The van der Waals surface area contributed by atoms with Crippen LogP contribution in [0.2, 0.25) is 0 Å². The highest BCUT2D eigenvalue weighted by Gasteiger charge is 2.38. The first kappa shape index (κ1) is 16.1. The fraction of sp³-hybridized carbons (Fsp3) is 0.222. The molecule has 0 saturated carbocycles. The molecule has 0 aliphatic carbocycles. The average Bonchev–Trinajstić information content (AvgIpc) is 3.39. The Hall–Kier alpha value is -3.07. The first-order valence-electron chi connectivity index (χ1n) is 8.43. The van der Waals surface area contributed by atoms with Crippen LogP contribution in [0.1, 0.15) is 38.0 Å². The number of nitrogens with one attached hydrogen (secondary N) is 1. The van der Waals surface area contributed by atoms with Gasteiger partial charge in [-0.15, -0.1) is 10.2 Å². The summed E-state index contributed by atoms with van der Waals surface area (Å²) in [5, 5.41) is 9.60. The standard InChI is InChI=1S/C18H14FN5O2S/c1-9-22-23-17(27-9)18(25)24-6-5-12-14(21-8-20-12)15(24)13-7-10-3-2-4-11(19)16(10)26-13/h2-4,7-8,15H,5-6H2,1H3,(H,20,21)/t15-/m0/s1. The highest BCUT2D eigenvalue weighted by Crippen LogP contribution is 2.37. The van der Waals surface area contributed by atoms with E-state index < -0.39 is 11.9 Å². The summed E-state index contributed by atoms with van der Waals surface area (Å²) >= 11 is 1.25. The van der Waals surface area contributed by atoms with Gasteiger partial charge in [0.25, 0.3) is 5.91 Å². The van der Waals surface area contributed by atoms with Crippen LogP contribution in [0.5, 0.6) is 0 Å². The Balaban J connectivity index is 1.64. The third-order valence-corrected chi connectivity index (χ3v) is 5.51. The maximum atomic E-state index is 14.1. The number of aromatic nitrogens is 4. The third kappa shape index (κ3) is 2.54. The van der Waals surface area contributed by atoms with Crippen molar-refractivity contribution >= 4 is 28.2 Å². The van der Waals surface area contributed by atoms with Crippen molar-refractivity contribution in [3.8, 4) is 0 Å². The number of nitrogens with zero attached hydrogens (tertiary/aromatic N) is 4. The summed E-state index contributed by atoms with van der Waals surface area (Å²) in [7, 11) is 0. The average molecular weight is 383 g/mol. The fourth-order valence-corrected chi connectivity index (χ4v) is 4.12. The van der Waals surface area contributed by atoms with Crippen LogP contribution < -0.4 is 0 Å². The number of para-hydroxylation sites is 1. The Kier molecular flexibility index (Phi) is 3.57. The number of imidazole rings is 1. The second-order valence-electron chi connectivity index (χ2n) is 6.35. The molecule has 4 aromatic rings. The van der Waals surface area contributed by atoms with E-state index in [4.69, 9.17) is 4.42 Å². The molecule has 4 heterocycles. The van der Waals surface area contributed by atoms with E-state index >= 15 is 0 Å². The number of hydrogen-bond donors (Lipinski definition) is 1. The molecule has 27 heavy (non-hydrogen) atoms. The highest BCUT2D eigenvalue weighted by atomic mass is 32.1. The molecule has 3 aromatic heterocycles. The molecule has 0 radical (unpaired) electrons. The Morgan fingerprint density at radius 1 is 1.41 bits per heavy atom. The summed E-state index contributed by atoms with van der Waals surface area (Å²) in [4.78, 5) is 22.3. The van der Waals surface area contributed by atoms with Crippen LogP contribution in [0.4, 0.5) is 4.39 Å². The second-order valence-corrected chi connectivity index (χ2v) is 7.53. The van der Waals surface area contributed by atoms with E-state index in [1.807, 2.05) is 0 Å². The minimum atomic E-state index is -0.552. The zero-order chi connectivity index (χ0) is 18.5. The molecule has 0 bridgehead atoms. The third-order valence-electron chi connectivity index (χ3n) is 4.68. The number of hydrogen-bond acceptors (Lipinski definition) is 6. The summed E-state index contributed by atoms with van der Waals surface area (Å²) in [5.74, 6) is -0.202. The van der Waals surface area contributed by atoms with Gasteiger partial charge in [0.1, 0.15) is 16.8 Å². The van der Waals surface area contributed by atoms with Gasteiger partial charge in [-0.25, -0.2) is 9.37 Å². The number of aromatic amines is 1. The molecular formula is C18H14FN5O2S. The predicted molar refractivity (Wildman–Crippen MR) is 96.0 cm³/mol.